The second-order valence-electron chi connectivity index (χ2n) is 5.62. The Balaban J connectivity index is 2.03. The van der Waals surface area contributed by atoms with Crippen LogP contribution in [0.2, 0.25) is 0 Å². The van der Waals surface area contributed by atoms with Crippen molar-refractivity contribution >= 4 is 11.3 Å². The molecular formula is C14H25N3S. The molecule has 102 valence electrons. The molecule has 2 rings (SSSR count). The smallest absolute Gasteiger partial charge is 0.107 e. The van der Waals surface area contributed by atoms with E-state index in [1.54, 1.807) is 0 Å². The number of piperazine rings is 1. The van der Waals surface area contributed by atoms with Crippen LogP contribution in [0.15, 0.2) is 6.20 Å². The predicted molar refractivity (Wildman–Crippen MR) is 78.0 cm³/mol. The number of aromatic nitrogens is 1. The maximum atomic E-state index is 4.56. The summed E-state index contributed by atoms with van der Waals surface area (Å²) in [5, 5.41) is 4.86. The number of rotatable bonds is 4. The van der Waals surface area contributed by atoms with Crippen LogP contribution in [0, 0.1) is 5.92 Å². The fourth-order valence-corrected chi connectivity index (χ4v) is 3.49. The third-order valence-electron chi connectivity index (χ3n) is 3.71. The van der Waals surface area contributed by atoms with E-state index < -0.39 is 0 Å². The molecule has 1 fully saturated rings. The molecule has 0 amide bonds. The van der Waals surface area contributed by atoms with Gasteiger partial charge in [0.15, 0.2) is 0 Å². The van der Waals surface area contributed by atoms with Crippen molar-refractivity contribution in [3.05, 3.63) is 16.1 Å². The van der Waals surface area contributed by atoms with Crippen LogP contribution in [-0.4, -0.2) is 35.1 Å². The first kappa shape index (κ1) is 14.0. The van der Waals surface area contributed by atoms with E-state index in [1.807, 2.05) is 17.5 Å². The summed E-state index contributed by atoms with van der Waals surface area (Å²) in [5.74, 6) is 0.690. The molecule has 0 bridgehead atoms. The lowest BCUT2D eigenvalue weighted by atomic mass is 9.99. The number of thiazole rings is 1. The number of hydrogen-bond donors (Lipinski definition) is 1. The number of nitrogens with one attached hydrogen (secondary N) is 1. The number of nitrogens with zero attached hydrogens (tertiary/aromatic N) is 2. The first-order valence-electron chi connectivity index (χ1n) is 7.01. The topological polar surface area (TPSA) is 28.2 Å². The molecule has 1 aliphatic rings. The first-order valence-corrected chi connectivity index (χ1v) is 7.82. The summed E-state index contributed by atoms with van der Waals surface area (Å²) >= 11 is 1.87. The highest BCUT2D eigenvalue weighted by atomic mass is 32.1. The van der Waals surface area contributed by atoms with Crippen LogP contribution in [0.4, 0.5) is 0 Å². The fourth-order valence-electron chi connectivity index (χ4n) is 2.60. The largest absolute Gasteiger partial charge is 0.311 e. The van der Waals surface area contributed by atoms with Gasteiger partial charge in [0, 0.05) is 36.2 Å². The summed E-state index contributed by atoms with van der Waals surface area (Å²) in [6.45, 7) is 12.3. The highest BCUT2D eigenvalue weighted by Crippen LogP contribution is 2.21. The third kappa shape index (κ3) is 3.31. The zero-order valence-corrected chi connectivity index (χ0v) is 12.8. The second kappa shape index (κ2) is 6.13. The van der Waals surface area contributed by atoms with Gasteiger partial charge in [0.25, 0.3) is 0 Å². The SMILES string of the molecule is CCc1cnc(CN2CC(C)NCC2C(C)C)s1. The molecular weight excluding hydrogens is 242 g/mol. The molecule has 1 aromatic rings. The van der Waals surface area contributed by atoms with E-state index in [-0.39, 0.29) is 0 Å². The average molecular weight is 267 g/mol. The maximum absolute atomic E-state index is 4.56. The lowest BCUT2D eigenvalue weighted by Crippen LogP contribution is -2.56. The van der Waals surface area contributed by atoms with Crippen molar-refractivity contribution in [2.45, 2.75) is 52.7 Å². The highest BCUT2D eigenvalue weighted by Gasteiger charge is 2.28. The first-order chi connectivity index (χ1) is 8.60. The fraction of sp³-hybridized carbons (Fsp3) is 0.786. The normalized spacial score (nSPS) is 25.8. The summed E-state index contributed by atoms with van der Waals surface area (Å²) in [7, 11) is 0. The quantitative estimate of drug-likeness (QED) is 0.908. The van der Waals surface area contributed by atoms with Crippen molar-refractivity contribution in [3.63, 3.8) is 0 Å². The van der Waals surface area contributed by atoms with Gasteiger partial charge in [-0.15, -0.1) is 11.3 Å². The number of aryl methyl sites for hydroxylation is 1. The third-order valence-corrected chi connectivity index (χ3v) is 4.84. The van der Waals surface area contributed by atoms with Gasteiger partial charge >= 0.3 is 0 Å². The van der Waals surface area contributed by atoms with Crippen molar-refractivity contribution in [3.8, 4) is 0 Å². The average Bonchev–Trinajstić information content (AvgIpc) is 2.76. The van der Waals surface area contributed by atoms with Gasteiger partial charge in [-0.25, -0.2) is 4.98 Å². The van der Waals surface area contributed by atoms with Gasteiger partial charge in [-0.05, 0) is 19.3 Å². The van der Waals surface area contributed by atoms with E-state index in [1.165, 1.54) is 9.88 Å². The minimum absolute atomic E-state index is 0.589. The van der Waals surface area contributed by atoms with Gasteiger partial charge < -0.3 is 5.32 Å². The molecule has 0 aliphatic carbocycles. The van der Waals surface area contributed by atoms with Crippen molar-refractivity contribution < 1.29 is 0 Å². The van der Waals surface area contributed by atoms with Crippen molar-refractivity contribution in [1.29, 1.82) is 0 Å². The molecule has 1 aliphatic heterocycles. The molecule has 0 spiro atoms. The van der Waals surface area contributed by atoms with Gasteiger partial charge in [-0.2, -0.15) is 0 Å². The summed E-state index contributed by atoms with van der Waals surface area (Å²) in [6.07, 6.45) is 3.14. The Kier molecular flexibility index (Phi) is 4.76. The number of hydrogen-bond acceptors (Lipinski definition) is 4. The summed E-state index contributed by atoms with van der Waals surface area (Å²) < 4.78 is 0. The molecule has 0 radical (unpaired) electrons. The van der Waals surface area contributed by atoms with Gasteiger partial charge in [0.05, 0.1) is 6.54 Å². The van der Waals surface area contributed by atoms with Crippen molar-refractivity contribution in [1.82, 2.24) is 15.2 Å². The van der Waals surface area contributed by atoms with Crippen LogP contribution in [-0.2, 0) is 13.0 Å². The van der Waals surface area contributed by atoms with Crippen molar-refractivity contribution in [2.24, 2.45) is 5.92 Å². The molecule has 4 heteroatoms. The van der Waals surface area contributed by atoms with Crippen LogP contribution >= 0.6 is 11.3 Å². The summed E-state index contributed by atoms with van der Waals surface area (Å²) in [6, 6.07) is 1.22. The second-order valence-corrected chi connectivity index (χ2v) is 6.82. The maximum Gasteiger partial charge on any atom is 0.107 e. The molecule has 3 nitrogen and oxygen atoms in total. The molecule has 1 N–H and O–H groups in total. The Bertz CT molecular complexity index is 375. The van der Waals surface area contributed by atoms with Gasteiger partial charge in [0.2, 0.25) is 0 Å². The van der Waals surface area contributed by atoms with E-state index in [0.29, 0.717) is 18.0 Å². The lowest BCUT2D eigenvalue weighted by molar-refractivity contribution is 0.0955. The van der Waals surface area contributed by atoms with E-state index in [0.717, 1.165) is 26.1 Å². The van der Waals surface area contributed by atoms with Crippen LogP contribution in [0.25, 0.3) is 0 Å². The molecule has 2 heterocycles. The Hall–Kier alpha value is -0.450. The highest BCUT2D eigenvalue weighted by molar-refractivity contribution is 7.11. The molecule has 0 saturated carbocycles. The minimum Gasteiger partial charge on any atom is -0.311 e. The molecule has 1 aromatic heterocycles. The monoisotopic (exact) mass is 267 g/mol. The summed E-state index contributed by atoms with van der Waals surface area (Å²) in [5.41, 5.74) is 0. The van der Waals surface area contributed by atoms with Gasteiger partial charge in [-0.3, -0.25) is 4.90 Å². The standard InChI is InChI=1S/C14H25N3S/c1-5-12-6-16-14(18-12)9-17-8-11(4)15-7-13(17)10(2)3/h6,10-11,13,15H,5,7-9H2,1-4H3. The van der Waals surface area contributed by atoms with E-state index in [4.69, 9.17) is 0 Å². The molecule has 0 aromatic carbocycles. The van der Waals surface area contributed by atoms with Gasteiger partial charge in [-0.1, -0.05) is 20.8 Å². The Morgan fingerprint density at radius 2 is 2.33 bits per heavy atom. The van der Waals surface area contributed by atoms with Crippen LogP contribution in [0.1, 0.15) is 37.6 Å². The van der Waals surface area contributed by atoms with E-state index in [9.17, 15) is 0 Å². The Morgan fingerprint density at radius 1 is 1.56 bits per heavy atom. The van der Waals surface area contributed by atoms with Gasteiger partial charge in [0.1, 0.15) is 5.01 Å². The predicted octanol–water partition coefficient (Wildman–Crippen LogP) is 2.52. The van der Waals surface area contributed by atoms with Crippen LogP contribution in [0.5, 0.6) is 0 Å². The van der Waals surface area contributed by atoms with Crippen molar-refractivity contribution in [2.75, 3.05) is 13.1 Å². The Labute approximate surface area is 115 Å². The molecule has 2 unspecified atom stereocenters. The molecule has 1 saturated heterocycles. The van der Waals surface area contributed by atoms with E-state index >= 15 is 0 Å². The minimum atomic E-state index is 0.589. The van der Waals surface area contributed by atoms with E-state index in [2.05, 4.69) is 42.9 Å². The van der Waals surface area contributed by atoms with Crippen LogP contribution < -0.4 is 5.32 Å². The lowest BCUT2D eigenvalue weighted by Gasteiger charge is -2.41. The van der Waals surface area contributed by atoms with Crippen LogP contribution in [0.3, 0.4) is 0 Å². The molecule has 2 atom stereocenters. The zero-order chi connectivity index (χ0) is 13.1. The zero-order valence-electron chi connectivity index (χ0n) is 11.9. The summed E-state index contributed by atoms with van der Waals surface area (Å²) in [4.78, 5) is 8.56. The Morgan fingerprint density at radius 3 is 2.94 bits per heavy atom. The molecule has 18 heavy (non-hydrogen) atoms.